The zero-order valence-electron chi connectivity index (χ0n) is 5.61. The predicted molar refractivity (Wildman–Crippen MR) is 32.6 cm³/mol. The summed E-state index contributed by atoms with van der Waals surface area (Å²) in [5.74, 6) is 0. The summed E-state index contributed by atoms with van der Waals surface area (Å²) in [6, 6.07) is 0. The van der Waals surface area contributed by atoms with Gasteiger partial charge in [-0.25, -0.2) is 0 Å². The van der Waals surface area contributed by atoms with Crippen LogP contribution in [0.1, 0.15) is 32.1 Å². The van der Waals surface area contributed by atoms with Crippen molar-refractivity contribution in [2.24, 2.45) is 0 Å². The van der Waals surface area contributed by atoms with E-state index in [1.807, 2.05) is 0 Å². The van der Waals surface area contributed by atoms with Crippen LogP contribution < -0.4 is 17.5 Å². The summed E-state index contributed by atoms with van der Waals surface area (Å²) >= 11 is 0. The summed E-state index contributed by atoms with van der Waals surface area (Å²) in [6.07, 6.45) is 5.29. The minimum absolute atomic E-state index is 0. The zero-order chi connectivity index (χ0) is 5.11. The molecule has 0 radical (unpaired) electrons. The van der Waals surface area contributed by atoms with Crippen LogP contribution in [-0.2, 0) is 0 Å². The summed E-state index contributed by atoms with van der Waals surface area (Å²) in [7, 11) is 0. The Hall–Kier alpha value is 1.02. The van der Waals surface area contributed by atoms with E-state index in [0.717, 1.165) is 12.8 Å². The molecule has 1 rings (SSSR count). The van der Waals surface area contributed by atoms with Gasteiger partial charge in [-0.1, -0.05) is 32.1 Å². The van der Waals surface area contributed by atoms with Crippen LogP contribution in [0.15, 0.2) is 0 Å². The molecule has 0 atom stereocenters. The Morgan fingerprint density at radius 2 is 1.44 bits per heavy atom. The quantitative estimate of drug-likeness (QED) is 0.353. The third-order valence-corrected chi connectivity index (χ3v) is 1.55. The molecular formula is C6H11ClMgO. The molecule has 1 fully saturated rings. The summed E-state index contributed by atoms with van der Waals surface area (Å²) in [6.45, 7) is 0. The van der Waals surface area contributed by atoms with E-state index < -0.39 is 0 Å². The van der Waals surface area contributed by atoms with Gasteiger partial charge in [-0.15, -0.1) is 6.10 Å². The zero-order valence-corrected chi connectivity index (χ0v) is 7.78. The Morgan fingerprint density at radius 3 is 1.67 bits per heavy atom. The van der Waals surface area contributed by atoms with Crippen LogP contribution >= 0.6 is 0 Å². The van der Waals surface area contributed by atoms with Crippen LogP contribution in [0.4, 0.5) is 0 Å². The summed E-state index contributed by atoms with van der Waals surface area (Å²) < 4.78 is 0. The molecule has 1 aliphatic carbocycles. The van der Waals surface area contributed by atoms with E-state index in [4.69, 9.17) is 0 Å². The van der Waals surface area contributed by atoms with Gasteiger partial charge in [0.25, 0.3) is 0 Å². The average molecular weight is 159 g/mol. The van der Waals surface area contributed by atoms with E-state index in [9.17, 15) is 5.11 Å². The maximum Gasteiger partial charge on any atom is 2.00 e. The van der Waals surface area contributed by atoms with E-state index >= 15 is 0 Å². The molecule has 0 heterocycles. The fourth-order valence-electron chi connectivity index (χ4n) is 1.07. The number of rotatable bonds is 0. The minimum Gasteiger partial charge on any atom is -1.00 e. The Balaban J connectivity index is 0. The first-order valence-electron chi connectivity index (χ1n) is 3.05. The monoisotopic (exact) mass is 158 g/mol. The van der Waals surface area contributed by atoms with Crippen molar-refractivity contribution in [3.63, 3.8) is 0 Å². The van der Waals surface area contributed by atoms with Crippen molar-refractivity contribution >= 4 is 23.1 Å². The molecule has 0 amide bonds. The van der Waals surface area contributed by atoms with Gasteiger partial charge < -0.3 is 17.5 Å². The third-order valence-electron chi connectivity index (χ3n) is 1.55. The smallest absolute Gasteiger partial charge is 1.00 e. The number of hydrogen-bond donors (Lipinski definition) is 0. The molecule has 0 aromatic carbocycles. The molecular weight excluding hydrogens is 148 g/mol. The maximum atomic E-state index is 10.5. The Bertz CT molecular complexity index is 55.0. The molecule has 0 spiro atoms. The Kier molecular flexibility index (Phi) is 10.0. The van der Waals surface area contributed by atoms with E-state index in [-0.39, 0.29) is 41.6 Å². The molecule has 1 saturated carbocycles. The van der Waals surface area contributed by atoms with E-state index in [0.29, 0.717) is 0 Å². The minimum atomic E-state index is -0.214. The van der Waals surface area contributed by atoms with Crippen molar-refractivity contribution in [2.75, 3.05) is 0 Å². The second-order valence-corrected chi connectivity index (χ2v) is 2.26. The average Bonchev–Trinajstić information content (AvgIpc) is 1.69. The molecule has 0 unspecified atom stereocenters. The van der Waals surface area contributed by atoms with Gasteiger partial charge >= 0.3 is 23.1 Å². The third kappa shape index (κ3) is 5.46. The normalized spacial score (nSPS) is 19.7. The Labute approximate surface area is 78.8 Å². The standard InChI is InChI=1S/C6H11O.ClH.Mg/c7-6-4-2-1-3-5-6;;/h6H,1-5H2;1H;/q-1;;+2/p-1. The van der Waals surface area contributed by atoms with Crippen LogP contribution in [0, 0.1) is 0 Å². The Morgan fingerprint density at radius 1 is 1.00 bits per heavy atom. The molecule has 0 N–H and O–H groups in total. The van der Waals surface area contributed by atoms with Gasteiger partial charge in [0.1, 0.15) is 0 Å². The van der Waals surface area contributed by atoms with Crippen LogP contribution in [-0.4, -0.2) is 29.2 Å². The topological polar surface area (TPSA) is 23.1 Å². The molecule has 1 aliphatic rings. The molecule has 0 bridgehead atoms. The van der Waals surface area contributed by atoms with E-state index in [1.165, 1.54) is 19.3 Å². The first-order chi connectivity index (χ1) is 3.39. The summed E-state index contributed by atoms with van der Waals surface area (Å²) in [4.78, 5) is 0. The number of hydrogen-bond acceptors (Lipinski definition) is 1. The van der Waals surface area contributed by atoms with E-state index in [1.54, 1.807) is 0 Å². The van der Waals surface area contributed by atoms with Gasteiger partial charge in [0, 0.05) is 0 Å². The molecule has 3 heteroatoms. The van der Waals surface area contributed by atoms with Crippen molar-refractivity contribution in [3.05, 3.63) is 0 Å². The fourth-order valence-corrected chi connectivity index (χ4v) is 1.07. The van der Waals surface area contributed by atoms with Gasteiger partial charge in [0.15, 0.2) is 0 Å². The van der Waals surface area contributed by atoms with Crippen molar-refractivity contribution in [1.82, 2.24) is 0 Å². The van der Waals surface area contributed by atoms with Crippen molar-refractivity contribution in [1.29, 1.82) is 0 Å². The molecule has 50 valence electrons. The van der Waals surface area contributed by atoms with Crippen LogP contribution in [0.2, 0.25) is 0 Å². The van der Waals surface area contributed by atoms with Gasteiger partial charge in [-0.2, -0.15) is 0 Å². The molecule has 0 aromatic heterocycles. The number of halogens is 1. The first kappa shape index (κ1) is 12.7. The summed E-state index contributed by atoms with van der Waals surface area (Å²) in [5.41, 5.74) is 0. The fraction of sp³-hybridized carbons (Fsp3) is 1.00. The largest absolute Gasteiger partial charge is 2.00 e. The van der Waals surface area contributed by atoms with Crippen LogP contribution in [0.5, 0.6) is 0 Å². The predicted octanol–water partition coefficient (Wildman–Crippen LogP) is -2.70. The van der Waals surface area contributed by atoms with Gasteiger partial charge in [-0.3, -0.25) is 0 Å². The van der Waals surface area contributed by atoms with Crippen LogP contribution in [0.25, 0.3) is 0 Å². The molecule has 0 saturated heterocycles. The molecule has 1 nitrogen and oxygen atoms in total. The molecule has 0 aromatic rings. The SMILES string of the molecule is [Cl-].[Mg+2].[O-]C1CCCCC1. The summed E-state index contributed by atoms with van der Waals surface area (Å²) in [5, 5.41) is 10.5. The van der Waals surface area contributed by atoms with Gasteiger partial charge in [-0.05, 0) is 0 Å². The van der Waals surface area contributed by atoms with Gasteiger partial charge in [0.05, 0.1) is 0 Å². The van der Waals surface area contributed by atoms with E-state index in [2.05, 4.69) is 0 Å². The maximum absolute atomic E-state index is 10.5. The second kappa shape index (κ2) is 7.13. The van der Waals surface area contributed by atoms with Gasteiger partial charge in [0.2, 0.25) is 0 Å². The van der Waals surface area contributed by atoms with Crippen molar-refractivity contribution in [3.8, 4) is 0 Å². The van der Waals surface area contributed by atoms with Crippen LogP contribution in [0.3, 0.4) is 0 Å². The second-order valence-electron chi connectivity index (χ2n) is 2.26. The molecule has 0 aliphatic heterocycles. The molecule has 9 heavy (non-hydrogen) atoms. The first-order valence-corrected chi connectivity index (χ1v) is 3.05. The van der Waals surface area contributed by atoms with Crippen molar-refractivity contribution in [2.45, 2.75) is 38.2 Å². The van der Waals surface area contributed by atoms with Crippen molar-refractivity contribution < 1.29 is 17.5 Å².